The van der Waals surface area contributed by atoms with Gasteiger partial charge < -0.3 is 15.2 Å². The quantitative estimate of drug-likeness (QED) is 0.306. The van der Waals surface area contributed by atoms with Gasteiger partial charge in [-0.1, -0.05) is 18.3 Å². The van der Waals surface area contributed by atoms with Crippen molar-refractivity contribution in [1.82, 2.24) is 19.4 Å². The first-order valence-electron chi connectivity index (χ1n) is 10.2. The Kier molecular flexibility index (Phi) is 6.53. The first kappa shape index (κ1) is 23.4. The molecule has 0 bridgehead atoms. The van der Waals surface area contributed by atoms with Crippen LogP contribution in [0.25, 0.3) is 11.3 Å². The monoisotopic (exact) mass is 489 g/mol. The first-order valence-corrected chi connectivity index (χ1v) is 11.0. The van der Waals surface area contributed by atoms with Crippen LogP contribution in [0, 0.1) is 15.9 Å². The van der Waals surface area contributed by atoms with Crippen molar-refractivity contribution in [1.29, 1.82) is 0 Å². The maximum absolute atomic E-state index is 13.2. The highest BCUT2D eigenvalue weighted by atomic mass is 35.5. The predicted molar refractivity (Wildman–Crippen MR) is 126 cm³/mol. The van der Waals surface area contributed by atoms with Gasteiger partial charge in [0.05, 0.1) is 12.2 Å². The molecule has 3 aromatic rings. The van der Waals surface area contributed by atoms with Gasteiger partial charge in [-0.25, -0.2) is 4.39 Å². The van der Waals surface area contributed by atoms with Crippen LogP contribution in [-0.2, 0) is 19.5 Å². The van der Waals surface area contributed by atoms with Crippen molar-refractivity contribution < 1.29 is 14.4 Å². The normalized spacial score (nSPS) is 15.6. The van der Waals surface area contributed by atoms with Crippen molar-refractivity contribution in [3.05, 3.63) is 75.1 Å². The maximum Gasteiger partial charge on any atom is 0.383 e. The van der Waals surface area contributed by atoms with Crippen molar-refractivity contribution in [3.8, 4) is 11.3 Å². The van der Waals surface area contributed by atoms with E-state index < -0.39 is 10.5 Å². The zero-order valence-electron chi connectivity index (χ0n) is 17.7. The molecule has 0 aliphatic carbocycles. The van der Waals surface area contributed by atoms with Gasteiger partial charge in [0.25, 0.3) is 0 Å². The number of imidazole rings is 1. The topological polar surface area (TPSA) is 97.3 Å². The fourth-order valence-electron chi connectivity index (χ4n) is 3.82. The first-order chi connectivity index (χ1) is 15.6. The Bertz CT molecular complexity index is 1220. The molecule has 2 aromatic heterocycles. The molecule has 0 fully saturated rings. The number of aromatic nitrogens is 3. The van der Waals surface area contributed by atoms with E-state index in [1.54, 1.807) is 19.1 Å². The van der Waals surface area contributed by atoms with Gasteiger partial charge in [0.15, 0.2) is 0 Å². The lowest BCUT2D eigenvalue weighted by Gasteiger charge is -2.35. The molecule has 0 unspecified atom stereocenters. The molecule has 8 nitrogen and oxygen atoms in total. The molecule has 0 saturated heterocycles. The van der Waals surface area contributed by atoms with Gasteiger partial charge in [0.2, 0.25) is 0 Å². The smallest absolute Gasteiger partial charge is 0.383 e. The van der Waals surface area contributed by atoms with Crippen LogP contribution in [0.15, 0.2) is 42.6 Å². The van der Waals surface area contributed by atoms with Crippen LogP contribution >= 0.6 is 23.8 Å². The van der Waals surface area contributed by atoms with Crippen molar-refractivity contribution in [2.75, 3.05) is 13.1 Å². The van der Waals surface area contributed by atoms with Crippen LogP contribution < -0.4 is 0 Å². The molecule has 0 amide bonds. The number of rotatable bonds is 7. The fraction of sp³-hybridized carbons (Fsp3) is 0.318. The average molecular weight is 490 g/mol. The van der Waals surface area contributed by atoms with E-state index in [0.717, 1.165) is 22.5 Å². The fourth-order valence-corrected chi connectivity index (χ4v) is 4.22. The molecule has 1 aromatic carbocycles. The van der Waals surface area contributed by atoms with E-state index in [-0.39, 0.29) is 23.5 Å². The van der Waals surface area contributed by atoms with Crippen molar-refractivity contribution >= 4 is 34.5 Å². The van der Waals surface area contributed by atoms with Gasteiger partial charge in [-0.2, -0.15) is 0 Å². The number of hydrogen-bond acceptors (Lipinski definition) is 7. The second-order valence-electron chi connectivity index (χ2n) is 8.22. The Labute approximate surface area is 199 Å². The lowest BCUT2D eigenvalue weighted by molar-refractivity contribution is -0.389. The third-order valence-corrected chi connectivity index (χ3v) is 6.49. The van der Waals surface area contributed by atoms with Crippen LogP contribution in [0.2, 0.25) is 5.28 Å². The maximum atomic E-state index is 13.2. The van der Waals surface area contributed by atoms with Crippen LogP contribution in [0.3, 0.4) is 0 Å². The summed E-state index contributed by atoms with van der Waals surface area (Å²) in [4.78, 5) is 21.1. The Morgan fingerprint density at radius 2 is 2.03 bits per heavy atom. The van der Waals surface area contributed by atoms with Gasteiger partial charge in [-0.15, -0.1) is 0 Å². The molecule has 1 aliphatic heterocycles. The van der Waals surface area contributed by atoms with E-state index in [2.05, 4.69) is 9.88 Å². The highest BCUT2D eigenvalue weighted by molar-refractivity contribution is 7.80. The van der Waals surface area contributed by atoms with Gasteiger partial charge in [0, 0.05) is 42.2 Å². The summed E-state index contributed by atoms with van der Waals surface area (Å²) in [5.74, 6) is -0.659. The average Bonchev–Trinajstić information content (AvgIpc) is 3.14. The molecule has 0 radical (unpaired) electrons. The lowest BCUT2D eigenvalue weighted by Crippen LogP contribution is -2.48. The highest BCUT2D eigenvalue weighted by Crippen LogP contribution is 2.25. The molecule has 4 rings (SSSR count). The SMILES string of the molecule is C[C@](O)(CN1CCc2nc(-c3ccc(F)cc3)ccc2C1)C(=S)Cn1cc([N+](=O)[O-])nc1Cl. The molecule has 33 heavy (non-hydrogen) atoms. The number of pyridine rings is 1. The summed E-state index contributed by atoms with van der Waals surface area (Å²) in [5, 5.41) is 21.9. The molecule has 172 valence electrons. The Morgan fingerprint density at radius 1 is 1.30 bits per heavy atom. The van der Waals surface area contributed by atoms with Gasteiger partial charge in [0.1, 0.15) is 17.6 Å². The zero-order valence-corrected chi connectivity index (χ0v) is 19.3. The number of β-amino-alcohol motifs (C(OH)–C–C–N with tert-alkyl or cyclic N) is 1. The molecule has 1 aliphatic rings. The molecular formula is C22H21ClFN5O3S. The number of benzene rings is 1. The van der Waals surface area contributed by atoms with Crippen molar-refractivity contribution in [3.63, 3.8) is 0 Å². The minimum atomic E-state index is -1.32. The van der Waals surface area contributed by atoms with Gasteiger partial charge in [-0.3, -0.25) is 14.5 Å². The summed E-state index contributed by atoms with van der Waals surface area (Å²) in [6.07, 6.45) is 1.90. The second-order valence-corrected chi connectivity index (χ2v) is 9.05. The highest BCUT2D eigenvalue weighted by Gasteiger charge is 2.32. The number of fused-ring (bicyclic) bond motifs is 1. The van der Waals surface area contributed by atoms with E-state index in [1.165, 1.54) is 22.9 Å². The van der Waals surface area contributed by atoms with Crippen LogP contribution in [0.4, 0.5) is 10.2 Å². The molecule has 1 atom stereocenters. The third kappa shape index (κ3) is 5.25. The molecular weight excluding hydrogens is 469 g/mol. The number of aliphatic hydroxyl groups is 1. The van der Waals surface area contributed by atoms with E-state index in [4.69, 9.17) is 28.8 Å². The number of nitro groups is 1. The predicted octanol–water partition coefficient (Wildman–Crippen LogP) is 3.83. The molecule has 11 heteroatoms. The summed E-state index contributed by atoms with van der Waals surface area (Å²) in [7, 11) is 0. The zero-order chi connectivity index (χ0) is 23.8. The standard InChI is InChI=1S/C22H21ClFN5O3S/c1-22(30,19(33)11-28-12-20(29(31)32)26-21(28)23)13-27-9-8-18-15(10-27)4-7-17(25-18)14-2-5-16(24)6-3-14/h2-7,12,30H,8-11,13H2,1H3/t22-/m0/s1. The van der Waals surface area contributed by atoms with E-state index >= 15 is 0 Å². The van der Waals surface area contributed by atoms with E-state index in [9.17, 15) is 19.6 Å². The summed E-state index contributed by atoms with van der Waals surface area (Å²) < 4.78 is 14.5. The number of thiocarbonyl (C=S) groups is 1. The van der Waals surface area contributed by atoms with Gasteiger partial charge >= 0.3 is 11.1 Å². The summed E-state index contributed by atoms with van der Waals surface area (Å²) in [6.45, 7) is 3.24. The number of halogens is 2. The van der Waals surface area contributed by atoms with E-state index in [0.29, 0.717) is 30.9 Å². The third-order valence-electron chi connectivity index (χ3n) is 5.62. The van der Waals surface area contributed by atoms with Crippen molar-refractivity contribution in [2.24, 2.45) is 0 Å². The second kappa shape index (κ2) is 9.22. The summed E-state index contributed by atoms with van der Waals surface area (Å²) >= 11 is 11.4. The summed E-state index contributed by atoms with van der Waals surface area (Å²) in [5.41, 5.74) is 2.36. The number of hydrogen-bond donors (Lipinski definition) is 1. The molecule has 3 heterocycles. The van der Waals surface area contributed by atoms with E-state index in [1.807, 2.05) is 12.1 Å². The van der Waals surface area contributed by atoms with Crippen LogP contribution in [0.5, 0.6) is 0 Å². The minimum absolute atomic E-state index is 0.0367. The van der Waals surface area contributed by atoms with Crippen molar-refractivity contribution in [2.45, 2.75) is 32.0 Å². The Hall–Kier alpha value is -2.79. The largest absolute Gasteiger partial charge is 0.384 e. The minimum Gasteiger partial charge on any atom is -0.384 e. The Morgan fingerprint density at radius 3 is 2.70 bits per heavy atom. The molecule has 0 saturated carbocycles. The van der Waals surface area contributed by atoms with Crippen LogP contribution in [-0.4, -0.2) is 53.0 Å². The molecule has 1 N–H and O–H groups in total. The Balaban J connectivity index is 1.42. The lowest BCUT2D eigenvalue weighted by atomic mass is 9.98. The molecule has 0 spiro atoms. The number of nitrogens with zero attached hydrogens (tertiary/aromatic N) is 5. The van der Waals surface area contributed by atoms with Gasteiger partial charge in [-0.05, 0) is 64.3 Å². The van der Waals surface area contributed by atoms with Crippen LogP contribution in [0.1, 0.15) is 18.2 Å². The summed E-state index contributed by atoms with van der Waals surface area (Å²) in [6, 6.07) is 10.2.